The first-order valence-electron chi connectivity index (χ1n) is 8.65. The molecule has 2 amide bonds. The molecule has 150 valence electrons. The minimum atomic E-state index is -4.36. The van der Waals surface area contributed by atoms with Gasteiger partial charge in [0.15, 0.2) is 0 Å². The molecule has 1 N–H and O–H groups in total. The first-order valence-corrected chi connectivity index (χ1v) is 10.7. The summed E-state index contributed by atoms with van der Waals surface area (Å²) in [4.78, 5) is 17.7. The Hall–Kier alpha value is -2.00. The van der Waals surface area contributed by atoms with Gasteiger partial charge in [-0.3, -0.25) is 0 Å². The Morgan fingerprint density at radius 3 is 2.43 bits per heavy atom. The van der Waals surface area contributed by atoms with E-state index < -0.39 is 5.51 Å². The molecule has 4 nitrogen and oxygen atoms in total. The SMILES string of the molecule is CSc1ccccc1N1CCN(C(=O)Nc2cccc(SC(F)(F)F)c2)CC1. The highest BCUT2D eigenvalue weighted by molar-refractivity contribution is 8.00. The van der Waals surface area contributed by atoms with Crippen molar-refractivity contribution in [3.05, 3.63) is 48.5 Å². The lowest BCUT2D eigenvalue weighted by molar-refractivity contribution is -0.0328. The van der Waals surface area contributed by atoms with Gasteiger partial charge in [0.2, 0.25) is 0 Å². The van der Waals surface area contributed by atoms with Crippen molar-refractivity contribution in [2.45, 2.75) is 15.3 Å². The van der Waals surface area contributed by atoms with Gasteiger partial charge in [0.05, 0.1) is 5.69 Å². The van der Waals surface area contributed by atoms with Gasteiger partial charge < -0.3 is 15.1 Å². The van der Waals surface area contributed by atoms with Gasteiger partial charge in [0.25, 0.3) is 0 Å². The molecule has 1 saturated heterocycles. The van der Waals surface area contributed by atoms with Crippen molar-refractivity contribution in [1.82, 2.24) is 4.90 Å². The fraction of sp³-hybridized carbons (Fsp3) is 0.316. The summed E-state index contributed by atoms with van der Waals surface area (Å²) in [5, 5.41) is 2.70. The smallest absolute Gasteiger partial charge is 0.367 e. The van der Waals surface area contributed by atoms with Crippen LogP contribution in [0, 0.1) is 0 Å². The number of urea groups is 1. The monoisotopic (exact) mass is 427 g/mol. The molecule has 1 fully saturated rings. The van der Waals surface area contributed by atoms with Crippen molar-refractivity contribution in [2.75, 3.05) is 42.7 Å². The predicted octanol–water partition coefficient (Wildman–Crippen LogP) is 5.37. The topological polar surface area (TPSA) is 35.6 Å². The number of amides is 2. The van der Waals surface area contributed by atoms with E-state index in [1.165, 1.54) is 23.1 Å². The molecule has 0 aliphatic carbocycles. The van der Waals surface area contributed by atoms with Gasteiger partial charge >= 0.3 is 11.5 Å². The van der Waals surface area contributed by atoms with E-state index in [9.17, 15) is 18.0 Å². The Balaban J connectivity index is 1.58. The van der Waals surface area contributed by atoms with Crippen molar-refractivity contribution >= 4 is 40.9 Å². The number of halogens is 3. The highest BCUT2D eigenvalue weighted by atomic mass is 32.2. The normalized spacial score (nSPS) is 14.9. The van der Waals surface area contributed by atoms with E-state index in [2.05, 4.69) is 22.3 Å². The van der Waals surface area contributed by atoms with Crippen LogP contribution in [0.5, 0.6) is 0 Å². The first-order chi connectivity index (χ1) is 13.4. The van der Waals surface area contributed by atoms with Crippen molar-refractivity contribution in [2.24, 2.45) is 0 Å². The van der Waals surface area contributed by atoms with Crippen molar-refractivity contribution < 1.29 is 18.0 Å². The number of nitrogens with one attached hydrogen (secondary N) is 1. The highest BCUT2D eigenvalue weighted by Gasteiger charge is 2.29. The fourth-order valence-corrected chi connectivity index (χ4v) is 4.24. The molecule has 0 atom stereocenters. The molecule has 9 heteroatoms. The van der Waals surface area contributed by atoms with Crippen molar-refractivity contribution in [1.29, 1.82) is 0 Å². The van der Waals surface area contributed by atoms with E-state index >= 15 is 0 Å². The number of carbonyl (C=O) groups is 1. The van der Waals surface area contributed by atoms with E-state index in [-0.39, 0.29) is 22.7 Å². The quantitative estimate of drug-likeness (QED) is 0.665. The molecule has 0 radical (unpaired) electrons. The van der Waals surface area contributed by atoms with E-state index in [1.807, 2.05) is 18.4 Å². The lowest BCUT2D eigenvalue weighted by Gasteiger charge is -2.36. The number of hydrogen-bond donors (Lipinski definition) is 1. The van der Waals surface area contributed by atoms with Crippen LogP contribution in [-0.2, 0) is 0 Å². The zero-order valence-electron chi connectivity index (χ0n) is 15.2. The number of piperazine rings is 1. The second-order valence-corrected chi connectivity index (χ2v) is 8.14. The molecule has 0 bridgehead atoms. The molecular formula is C19H20F3N3OS2. The summed E-state index contributed by atoms with van der Waals surface area (Å²) in [6.07, 6.45) is 2.04. The number of alkyl halides is 3. The largest absolute Gasteiger partial charge is 0.446 e. The summed E-state index contributed by atoms with van der Waals surface area (Å²) in [7, 11) is 0. The Kier molecular flexibility index (Phi) is 6.66. The number of rotatable bonds is 4. The van der Waals surface area contributed by atoms with E-state index in [0.29, 0.717) is 31.9 Å². The van der Waals surface area contributed by atoms with E-state index in [4.69, 9.17) is 0 Å². The fourth-order valence-electron chi connectivity index (χ4n) is 3.01. The number of carbonyl (C=O) groups excluding carboxylic acids is 1. The van der Waals surface area contributed by atoms with Crippen LogP contribution in [0.1, 0.15) is 0 Å². The maximum atomic E-state index is 12.5. The second-order valence-electron chi connectivity index (χ2n) is 6.15. The summed E-state index contributed by atoms with van der Waals surface area (Å²) < 4.78 is 37.6. The van der Waals surface area contributed by atoms with Gasteiger partial charge in [0.1, 0.15) is 0 Å². The first kappa shape index (κ1) is 20.7. The standard InChI is InChI=1S/C19H20F3N3OS2/c1-27-17-8-3-2-7-16(17)24-9-11-25(12-10-24)18(26)23-14-5-4-6-15(13-14)28-19(20,21)22/h2-8,13H,9-12H2,1H3,(H,23,26). The third-order valence-corrected chi connectivity index (χ3v) is 5.82. The van der Waals surface area contributed by atoms with Crippen LogP contribution in [0.15, 0.2) is 58.3 Å². The Bertz CT molecular complexity index is 824. The van der Waals surface area contributed by atoms with Gasteiger partial charge in [0, 0.05) is 41.7 Å². The maximum Gasteiger partial charge on any atom is 0.446 e. The van der Waals surface area contributed by atoms with Gasteiger partial charge in [-0.15, -0.1) is 11.8 Å². The van der Waals surface area contributed by atoms with Gasteiger partial charge in [-0.1, -0.05) is 18.2 Å². The number of benzene rings is 2. The Morgan fingerprint density at radius 1 is 1.04 bits per heavy atom. The van der Waals surface area contributed by atoms with Gasteiger partial charge in [-0.25, -0.2) is 4.79 Å². The van der Waals surface area contributed by atoms with E-state index in [0.717, 1.165) is 5.69 Å². The van der Waals surface area contributed by atoms with Crippen LogP contribution in [-0.4, -0.2) is 48.9 Å². The number of hydrogen-bond acceptors (Lipinski definition) is 4. The molecule has 0 aromatic heterocycles. The number of para-hydroxylation sites is 1. The molecule has 0 unspecified atom stereocenters. The Morgan fingerprint density at radius 2 is 1.75 bits per heavy atom. The number of anilines is 2. The molecule has 28 heavy (non-hydrogen) atoms. The summed E-state index contributed by atoms with van der Waals surface area (Å²) in [5.74, 6) is 0. The molecule has 1 heterocycles. The number of thioether (sulfide) groups is 2. The lowest BCUT2D eigenvalue weighted by atomic mass is 10.2. The van der Waals surface area contributed by atoms with Crippen LogP contribution in [0.4, 0.5) is 29.3 Å². The summed E-state index contributed by atoms with van der Waals surface area (Å²) in [5.41, 5.74) is -2.84. The van der Waals surface area contributed by atoms with E-state index in [1.54, 1.807) is 22.7 Å². The van der Waals surface area contributed by atoms with Gasteiger partial charge in [-0.05, 0) is 48.3 Å². The maximum absolute atomic E-state index is 12.5. The van der Waals surface area contributed by atoms with Crippen LogP contribution in [0.3, 0.4) is 0 Å². The molecule has 1 aliphatic heterocycles. The minimum absolute atomic E-state index is 0.0452. The van der Waals surface area contributed by atoms with Crippen LogP contribution in [0.25, 0.3) is 0 Å². The molecule has 0 saturated carbocycles. The van der Waals surface area contributed by atoms with Crippen LogP contribution < -0.4 is 10.2 Å². The van der Waals surface area contributed by atoms with Crippen molar-refractivity contribution in [3.8, 4) is 0 Å². The predicted molar refractivity (Wildman–Crippen MR) is 109 cm³/mol. The average molecular weight is 428 g/mol. The third-order valence-electron chi connectivity index (χ3n) is 4.31. The summed E-state index contributed by atoms with van der Waals surface area (Å²) in [6, 6.07) is 13.6. The number of nitrogens with zero attached hydrogens (tertiary/aromatic N) is 2. The zero-order valence-corrected chi connectivity index (χ0v) is 16.8. The molecule has 1 aliphatic rings. The third kappa shape index (κ3) is 5.51. The van der Waals surface area contributed by atoms with Crippen LogP contribution >= 0.6 is 23.5 Å². The molecular weight excluding hydrogens is 407 g/mol. The van der Waals surface area contributed by atoms with Crippen molar-refractivity contribution in [3.63, 3.8) is 0 Å². The molecule has 3 rings (SSSR count). The van der Waals surface area contributed by atoms with Crippen LogP contribution in [0.2, 0.25) is 0 Å². The van der Waals surface area contributed by atoms with Gasteiger partial charge in [-0.2, -0.15) is 13.2 Å². The average Bonchev–Trinajstić information content (AvgIpc) is 2.67. The second kappa shape index (κ2) is 9.00. The highest BCUT2D eigenvalue weighted by Crippen LogP contribution is 2.37. The zero-order chi connectivity index (χ0) is 20.1. The molecule has 2 aromatic carbocycles. The Labute approximate surface area is 170 Å². The summed E-state index contributed by atoms with van der Waals surface area (Å²) in [6.45, 7) is 2.50. The molecule has 0 spiro atoms. The lowest BCUT2D eigenvalue weighted by Crippen LogP contribution is -2.50. The minimum Gasteiger partial charge on any atom is -0.367 e. The molecule has 2 aromatic rings. The summed E-state index contributed by atoms with van der Waals surface area (Å²) >= 11 is 1.49.